The van der Waals surface area contributed by atoms with Crippen LogP contribution in [-0.4, -0.2) is 35.3 Å². The number of carboxylic acids is 1. The second-order valence-corrected chi connectivity index (χ2v) is 8.01. The first-order valence-corrected chi connectivity index (χ1v) is 9.94. The van der Waals surface area contributed by atoms with Gasteiger partial charge < -0.3 is 20.1 Å². The molecule has 0 fully saturated rings. The third-order valence-electron chi connectivity index (χ3n) is 5.99. The number of nitrogens with one attached hydrogen (secondary N) is 1. The highest BCUT2D eigenvalue weighted by atomic mass is 16.4. The number of H-pyrrole nitrogens is 1. The van der Waals surface area contributed by atoms with Crippen LogP contribution in [0.15, 0.2) is 54.6 Å². The minimum Gasteiger partial charge on any atom is -0.507 e. The third kappa shape index (κ3) is 2.82. The van der Waals surface area contributed by atoms with Gasteiger partial charge in [0.15, 0.2) is 0 Å². The smallest absolute Gasteiger partial charge is 0.339 e. The lowest BCUT2D eigenvalue weighted by atomic mass is 9.87. The number of rotatable bonds is 3. The van der Waals surface area contributed by atoms with Gasteiger partial charge in [-0.3, -0.25) is 0 Å². The number of carbonyl (C=O) groups is 1. The van der Waals surface area contributed by atoms with E-state index in [1.165, 1.54) is 10.9 Å². The van der Waals surface area contributed by atoms with Gasteiger partial charge in [0, 0.05) is 36.2 Å². The van der Waals surface area contributed by atoms with Crippen molar-refractivity contribution in [1.29, 1.82) is 0 Å². The van der Waals surface area contributed by atoms with Crippen molar-refractivity contribution < 1.29 is 15.0 Å². The van der Waals surface area contributed by atoms with Gasteiger partial charge in [0.1, 0.15) is 11.3 Å². The number of nitrogens with zero attached hydrogens (tertiary/aromatic N) is 1. The highest BCUT2D eigenvalue weighted by molar-refractivity contribution is 5.97. The van der Waals surface area contributed by atoms with Gasteiger partial charge in [0.05, 0.1) is 5.69 Å². The van der Waals surface area contributed by atoms with Crippen molar-refractivity contribution in [3.05, 3.63) is 71.3 Å². The van der Waals surface area contributed by atoms with Crippen LogP contribution in [0.25, 0.3) is 33.3 Å². The Morgan fingerprint density at radius 2 is 1.70 bits per heavy atom. The zero-order chi connectivity index (χ0) is 21.0. The van der Waals surface area contributed by atoms with E-state index in [1.54, 1.807) is 12.1 Å². The maximum atomic E-state index is 11.4. The maximum Gasteiger partial charge on any atom is 0.339 e. The van der Waals surface area contributed by atoms with Crippen LogP contribution < -0.4 is 4.90 Å². The van der Waals surface area contributed by atoms with Crippen LogP contribution in [0.2, 0.25) is 0 Å². The predicted molar refractivity (Wildman–Crippen MR) is 120 cm³/mol. The van der Waals surface area contributed by atoms with Crippen molar-refractivity contribution in [3.8, 4) is 28.1 Å². The Bertz CT molecular complexity index is 1300. The molecule has 1 heterocycles. The predicted octanol–water partition coefficient (Wildman–Crippen LogP) is 5.07. The van der Waals surface area contributed by atoms with Crippen LogP contribution in [0, 0.1) is 0 Å². The molecule has 0 radical (unpaired) electrons. The van der Waals surface area contributed by atoms with Gasteiger partial charge in [-0.25, -0.2) is 4.79 Å². The number of fused-ring (bicyclic) bond motifs is 5. The van der Waals surface area contributed by atoms with Gasteiger partial charge in [-0.15, -0.1) is 0 Å². The molecule has 0 saturated heterocycles. The number of carboxylic acid groups (broad SMARTS) is 1. The second-order valence-electron chi connectivity index (χ2n) is 8.01. The Morgan fingerprint density at radius 3 is 2.40 bits per heavy atom. The van der Waals surface area contributed by atoms with Crippen molar-refractivity contribution in [3.63, 3.8) is 0 Å². The van der Waals surface area contributed by atoms with E-state index < -0.39 is 5.97 Å². The molecule has 1 aliphatic rings. The number of phenols is 1. The monoisotopic (exact) mass is 398 g/mol. The molecule has 0 unspecified atom stereocenters. The number of aromatic carboxylic acids is 1. The minimum absolute atomic E-state index is 0.0447. The molecule has 5 heteroatoms. The first-order chi connectivity index (χ1) is 14.4. The van der Waals surface area contributed by atoms with Crippen LogP contribution in [0.1, 0.15) is 21.5 Å². The Hall–Kier alpha value is -3.73. The zero-order valence-corrected chi connectivity index (χ0v) is 16.9. The molecule has 0 aliphatic heterocycles. The van der Waals surface area contributed by atoms with E-state index in [-0.39, 0.29) is 11.3 Å². The summed E-state index contributed by atoms with van der Waals surface area (Å²) in [5, 5.41) is 20.7. The number of anilines is 1. The van der Waals surface area contributed by atoms with Crippen LogP contribution in [0.3, 0.4) is 0 Å². The molecule has 5 rings (SSSR count). The van der Waals surface area contributed by atoms with Crippen molar-refractivity contribution >= 4 is 22.6 Å². The first kappa shape index (κ1) is 18.3. The Balaban J connectivity index is 1.60. The molecule has 1 aliphatic carbocycles. The molecule has 0 spiro atoms. The lowest BCUT2D eigenvalue weighted by molar-refractivity contribution is 0.0693. The number of aromatic nitrogens is 1. The number of benzene rings is 3. The van der Waals surface area contributed by atoms with Crippen LogP contribution in [-0.2, 0) is 12.8 Å². The number of aromatic amines is 1. The summed E-state index contributed by atoms with van der Waals surface area (Å²) < 4.78 is 0. The second kappa shape index (κ2) is 6.66. The van der Waals surface area contributed by atoms with Crippen molar-refractivity contribution in [2.24, 2.45) is 0 Å². The maximum absolute atomic E-state index is 11.4. The molecule has 0 amide bonds. The summed E-state index contributed by atoms with van der Waals surface area (Å²) in [6, 6.07) is 18.1. The van der Waals surface area contributed by atoms with Gasteiger partial charge in [0.2, 0.25) is 0 Å². The average Bonchev–Trinajstić information content (AvgIpc) is 3.11. The number of hydrogen-bond acceptors (Lipinski definition) is 3. The lowest BCUT2D eigenvalue weighted by Crippen LogP contribution is -2.07. The average molecular weight is 398 g/mol. The molecule has 4 aromatic rings. The summed E-state index contributed by atoms with van der Waals surface area (Å²) in [5.41, 5.74) is 8.46. The lowest BCUT2D eigenvalue weighted by Gasteiger charge is -2.18. The molecular formula is C25H22N2O3. The summed E-state index contributed by atoms with van der Waals surface area (Å²) in [5.74, 6) is -1.31. The summed E-state index contributed by atoms with van der Waals surface area (Å²) in [7, 11) is 4.05. The highest BCUT2D eigenvalue weighted by Crippen LogP contribution is 2.41. The molecule has 1 aromatic heterocycles. The molecule has 3 aromatic carbocycles. The topological polar surface area (TPSA) is 76.6 Å². The van der Waals surface area contributed by atoms with E-state index >= 15 is 0 Å². The fraction of sp³-hybridized carbons (Fsp3) is 0.160. The molecule has 3 N–H and O–H groups in total. The Kier molecular flexibility index (Phi) is 4.07. The number of aryl methyl sites for hydroxylation is 2. The fourth-order valence-electron chi connectivity index (χ4n) is 4.38. The van der Waals surface area contributed by atoms with Gasteiger partial charge in [-0.2, -0.15) is 0 Å². The molecule has 0 saturated carbocycles. The van der Waals surface area contributed by atoms with Crippen molar-refractivity contribution in [1.82, 2.24) is 4.98 Å². The van der Waals surface area contributed by atoms with Crippen LogP contribution >= 0.6 is 0 Å². The van der Waals surface area contributed by atoms with Gasteiger partial charge in [-0.1, -0.05) is 24.3 Å². The number of hydrogen-bond donors (Lipinski definition) is 3. The molecule has 0 bridgehead atoms. The van der Waals surface area contributed by atoms with E-state index in [4.69, 9.17) is 0 Å². The SMILES string of the molecule is CN(C)c1ccc(-c2ccc3c4c([nH]c3c2)-c2cc(O)c(C(=O)O)cc2CC4)cc1. The molecular weight excluding hydrogens is 376 g/mol. The van der Waals surface area contributed by atoms with Crippen LogP contribution in [0.4, 0.5) is 5.69 Å². The van der Waals surface area contributed by atoms with E-state index in [2.05, 4.69) is 52.3 Å². The van der Waals surface area contributed by atoms with Gasteiger partial charge in [-0.05, 0) is 65.4 Å². The number of aromatic hydroxyl groups is 1. The Labute approximate surface area is 174 Å². The van der Waals surface area contributed by atoms with Crippen molar-refractivity contribution in [2.75, 3.05) is 19.0 Å². The Morgan fingerprint density at radius 1 is 0.967 bits per heavy atom. The molecule has 150 valence electrons. The zero-order valence-electron chi connectivity index (χ0n) is 16.9. The van der Waals surface area contributed by atoms with E-state index in [0.29, 0.717) is 0 Å². The third-order valence-corrected chi connectivity index (χ3v) is 5.99. The highest BCUT2D eigenvalue weighted by Gasteiger charge is 2.24. The van der Waals surface area contributed by atoms with E-state index in [1.807, 2.05) is 14.1 Å². The minimum atomic E-state index is -1.11. The van der Waals surface area contributed by atoms with Crippen LogP contribution in [0.5, 0.6) is 5.75 Å². The van der Waals surface area contributed by atoms with Crippen molar-refractivity contribution in [2.45, 2.75) is 12.8 Å². The quantitative estimate of drug-likeness (QED) is 0.450. The van der Waals surface area contributed by atoms with Gasteiger partial charge >= 0.3 is 5.97 Å². The largest absolute Gasteiger partial charge is 0.507 e. The first-order valence-electron chi connectivity index (χ1n) is 9.94. The van der Waals surface area contributed by atoms with E-state index in [0.717, 1.165) is 52.0 Å². The fourth-order valence-corrected chi connectivity index (χ4v) is 4.38. The normalized spacial score (nSPS) is 12.5. The molecule has 30 heavy (non-hydrogen) atoms. The van der Waals surface area contributed by atoms with Gasteiger partial charge in [0.25, 0.3) is 0 Å². The summed E-state index contributed by atoms with van der Waals surface area (Å²) in [4.78, 5) is 17.0. The summed E-state index contributed by atoms with van der Waals surface area (Å²) in [6.45, 7) is 0. The standard InChI is InChI=1S/C25H22N2O3/c1-27(2)17-7-3-14(4-8-17)15-5-9-18-19-10-6-16-11-21(25(29)30)23(28)13-20(16)24(19)26-22(18)12-15/h3-5,7-9,11-13,26,28H,6,10H2,1-2H3,(H,29,30). The summed E-state index contributed by atoms with van der Waals surface area (Å²) in [6.07, 6.45) is 1.59. The molecule has 5 nitrogen and oxygen atoms in total. The summed E-state index contributed by atoms with van der Waals surface area (Å²) >= 11 is 0. The van der Waals surface area contributed by atoms with E-state index in [9.17, 15) is 15.0 Å². The molecule has 0 atom stereocenters.